The molecule has 1 aliphatic heterocycles. The van der Waals surface area contributed by atoms with Crippen LogP contribution in [-0.2, 0) is 4.74 Å². The van der Waals surface area contributed by atoms with Gasteiger partial charge in [-0.25, -0.2) is 0 Å². The van der Waals surface area contributed by atoms with Crippen LogP contribution in [0.25, 0.3) is 0 Å². The second-order valence-corrected chi connectivity index (χ2v) is 4.87. The number of hydrogen-bond acceptors (Lipinski definition) is 3. The fourth-order valence-corrected chi connectivity index (χ4v) is 2.29. The second-order valence-electron chi connectivity index (χ2n) is 4.02. The van der Waals surface area contributed by atoms with Gasteiger partial charge in [-0.2, -0.15) is 0 Å². The highest BCUT2D eigenvalue weighted by atomic mass is 79.9. The first-order valence-electron chi connectivity index (χ1n) is 5.44. The Morgan fingerprint density at radius 3 is 3.00 bits per heavy atom. The lowest BCUT2D eigenvalue weighted by atomic mass is 10.2. The Bertz CT molecular complexity index is 444. The van der Waals surface area contributed by atoms with E-state index in [1.54, 1.807) is 10.8 Å². The van der Waals surface area contributed by atoms with Crippen LogP contribution in [0.3, 0.4) is 0 Å². The van der Waals surface area contributed by atoms with E-state index in [4.69, 9.17) is 10.5 Å². The first-order chi connectivity index (χ1) is 7.61. The van der Waals surface area contributed by atoms with Crippen molar-refractivity contribution in [3.05, 3.63) is 27.1 Å². The van der Waals surface area contributed by atoms with Crippen LogP contribution in [0.15, 0.2) is 21.5 Å². The molecule has 0 amide bonds. The second kappa shape index (κ2) is 4.59. The van der Waals surface area contributed by atoms with E-state index < -0.39 is 0 Å². The largest absolute Gasteiger partial charge is 0.398 e. The average Bonchev–Trinajstić information content (AvgIpc) is 2.71. The molecule has 4 nitrogen and oxygen atoms in total. The first kappa shape index (κ1) is 11.7. The lowest BCUT2D eigenvalue weighted by molar-refractivity contribution is -0.00124. The van der Waals surface area contributed by atoms with Gasteiger partial charge < -0.3 is 10.5 Å². The van der Waals surface area contributed by atoms with Gasteiger partial charge in [0.25, 0.3) is 5.56 Å². The zero-order valence-electron chi connectivity index (χ0n) is 9.15. The van der Waals surface area contributed by atoms with E-state index >= 15 is 0 Å². The molecule has 0 spiro atoms. The molecule has 0 radical (unpaired) electrons. The Hall–Kier alpha value is -0.810. The van der Waals surface area contributed by atoms with Gasteiger partial charge >= 0.3 is 0 Å². The molecule has 0 saturated carbocycles. The normalized spacial score (nSPS) is 24.9. The molecule has 0 aromatic carbocycles. The van der Waals surface area contributed by atoms with Crippen molar-refractivity contribution < 1.29 is 4.74 Å². The van der Waals surface area contributed by atoms with Crippen molar-refractivity contribution in [1.29, 1.82) is 0 Å². The summed E-state index contributed by atoms with van der Waals surface area (Å²) in [6.45, 7) is 2.09. The maximum Gasteiger partial charge on any atom is 0.254 e. The van der Waals surface area contributed by atoms with Crippen molar-refractivity contribution in [2.75, 3.05) is 5.73 Å². The third-order valence-electron chi connectivity index (χ3n) is 2.91. The van der Waals surface area contributed by atoms with E-state index in [1.165, 1.54) is 6.07 Å². The molecular weight excluding hydrogens is 272 g/mol. The van der Waals surface area contributed by atoms with Crippen molar-refractivity contribution in [3.63, 3.8) is 0 Å². The molecule has 2 N–H and O–H groups in total. The average molecular weight is 287 g/mol. The third-order valence-corrected chi connectivity index (χ3v) is 3.57. The van der Waals surface area contributed by atoms with Gasteiger partial charge in [-0.05, 0) is 35.2 Å². The van der Waals surface area contributed by atoms with Crippen LogP contribution in [0.1, 0.15) is 32.4 Å². The SMILES string of the molecule is CC[C@@H]1CCC(n2cc(Br)c(N)cc2=O)O1. The monoisotopic (exact) mass is 286 g/mol. The first-order valence-corrected chi connectivity index (χ1v) is 6.23. The summed E-state index contributed by atoms with van der Waals surface area (Å²) in [5, 5.41) is 0. The Labute approximate surface area is 103 Å². The van der Waals surface area contributed by atoms with Crippen molar-refractivity contribution >= 4 is 21.6 Å². The van der Waals surface area contributed by atoms with Crippen LogP contribution in [0.2, 0.25) is 0 Å². The van der Waals surface area contributed by atoms with Crippen LogP contribution in [-0.4, -0.2) is 10.7 Å². The molecule has 1 aromatic heterocycles. The van der Waals surface area contributed by atoms with Crippen molar-refractivity contribution in [2.45, 2.75) is 38.5 Å². The van der Waals surface area contributed by atoms with E-state index in [9.17, 15) is 4.79 Å². The zero-order chi connectivity index (χ0) is 11.7. The number of ether oxygens (including phenoxy) is 1. The van der Waals surface area contributed by atoms with E-state index in [0.717, 1.165) is 23.7 Å². The summed E-state index contributed by atoms with van der Waals surface area (Å²) in [5.74, 6) is 0. The fraction of sp³-hybridized carbons (Fsp3) is 0.545. The topological polar surface area (TPSA) is 57.2 Å². The van der Waals surface area contributed by atoms with Gasteiger partial charge in [0.2, 0.25) is 0 Å². The lowest BCUT2D eigenvalue weighted by Crippen LogP contribution is -2.24. The number of nitrogens with zero attached hydrogens (tertiary/aromatic N) is 1. The van der Waals surface area contributed by atoms with Gasteiger partial charge in [-0.1, -0.05) is 6.92 Å². The van der Waals surface area contributed by atoms with Gasteiger partial charge in [0, 0.05) is 12.3 Å². The van der Waals surface area contributed by atoms with Gasteiger partial charge in [-0.3, -0.25) is 9.36 Å². The minimum Gasteiger partial charge on any atom is -0.398 e. The molecule has 2 atom stereocenters. The summed E-state index contributed by atoms with van der Waals surface area (Å²) in [6.07, 6.45) is 4.72. The summed E-state index contributed by atoms with van der Waals surface area (Å²) < 4.78 is 8.11. The number of aromatic nitrogens is 1. The number of halogens is 1. The Balaban J connectivity index is 2.28. The number of hydrogen-bond donors (Lipinski definition) is 1. The van der Waals surface area contributed by atoms with Gasteiger partial charge in [0.05, 0.1) is 16.3 Å². The molecule has 2 rings (SSSR count). The van der Waals surface area contributed by atoms with Crippen LogP contribution in [0.5, 0.6) is 0 Å². The molecule has 5 heteroatoms. The molecule has 1 fully saturated rings. The smallest absolute Gasteiger partial charge is 0.254 e. The van der Waals surface area contributed by atoms with E-state index in [1.807, 2.05) is 0 Å². The molecule has 1 unspecified atom stereocenters. The molecule has 16 heavy (non-hydrogen) atoms. The minimum atomic E-state index is -0.144. The molecular formula is C11H15BrN2O2. The van der Waals surface area contributed by atoms with Gasteiger partial charge in [-0.15, -0.1) is 0 Å². The molecule has 88 valence electrons. The summed E-state index contributed by atoms with van der Waals surface area (Å²) in [5.41, 5.74) is 6.00. The molecule has 1 saturated heterocycles. The molecule has 0 aliphatic carbocycles. The standard InChI is InChI=1S/C11H15BrN2O2/c1-2-7-3-4-11(16-7)14-6-8(12)9(13)5-10(14)15/h5-7,11H,2-4,13H2,1H3/t7-,11?/m1/s1. The molecule has 0 bridgehead atoms. The highest BCUT2D eigenvalue weighted by Gasteiger charge is 2.25. The van der Waals surface area contributed by atoms with E-state index in [-0.39, 0.29) is 17.9 Å². The quantitative estimate of drug-likeness (QED) is 0.907. The fourth-order valence-electron chi connectivity index (χ4n) is 1.95. The van der Waals surface area contributed by atoms with E-state index in [0.29, 0.717) is 5.69 Å². The lowest BCUT2D eigenvalue weighted by Gasteiger charge is -2.16. The minimum absolute atomic E-state index is 0.109. The zero-order valence-corrected chi connectivity index (χ0v) is 10.7. The van der Waals surface area contributed by atoms with Crippen molar-refractivity contribution in [3.8, 4) is 0 Å². The molecule has 1 aliphatic rings. The number of nitrogens with two attached hydrogens (primary N) is 1. The summed E-state index contributed by atoms with van der Waals surface area (Å²) in [7, 11) is 0. The van der Waals surface area contributed by atoms with Crippen LogP contribution >= 0.6 is 15.9 Å². The summed E-state index contributed by atoms with van der Waals surface area (Å²) >= 11 is 3.32. The van der Waals surface area contributed by atoms with Crippen molar-refractivity contribution in [2.24, 2.45) is 0 Å². The van der Waals surface area contributed by atoms with Crippen LogP contribution in [0, 0.1) is 0 Å². The molecule has 2 heterocycles. The Morgan fingerprint density at radius 2 is 2.38 bits per heavy atom. The van der Waals surface area contributed by atoms with Crippen molar-refractivity contribution in [1.82, 2.24) is 4.57 Å². The van der Waals surface area contributed by atoms with Gasteiger partial charge in [0.1, 0.15) is 6.23 Å². The highest BCUT2D eigenvalue weighted by molar-refractivity contribution is 9.10. The third kappa shape index (κ3) is 2.15. The highest BCUT2D eigenvalue weighted by Crippen LogP contribution is 2.29. The predicted molar refractivity (Wildman–Crippen MR) is 66.2 cm³/mol. The maximum atomic E-state index is 11.8. The predicted octanol–water partition coefficient (Wildman–Crippen LogP) is 2.28. The van der Waals surface area contributed by atoms with E-state index in [2.05, 4.69) is 22.9 Å². The molecule has 1 aromatic rings. The number of anilines is 1. The number of nitrogen functional groups attached to an aromatic ring is 1. The summed E-state index contributed by atoms with van der Waals surface area (Å²) in [4.78, 5) is 11.8. The summed E-state index contributed by atoms with van der Waals surface area (Å²) in [6, 6.07) is 1.42. The van der Waals surface area contributed by atoms with Crippen LogP contribution < -0.4 is 11.3 Å². The Morgan fingerprint density at radius 1 is 1.62 bits per heavy atom. The number of pyridine rings is 1. The van der Waals surface area contributed by atoms with Gasteiger partial charge in [0.15, 0.2) is 0 Å². The van der Waals surface area contributed by atoms with Crippen LogP contribution in [0.4, 0.5) is 5.69 Å². The number of rotatable bonds is 2. The maximum absolute atomic E-state index is 11.8. The Kier molecular flexibility index (Phi) is 3.35.